The lowest BCUT2D eigenvalue weighted by molar-refractivity contribution is 0.0945. The summed E-state index contributed by atoms with van der Waals surface area (Å²) in [6, 6.07) is 12.7. The number of hydrogen-bond acceptors (Lipinski definition) is 4. The van der Waals surface area contributed by atoms with E-state index in [-0.39, 0.29) is 12.2 Å². The predicted molar refractivity (Wildman–Crippen MR) is 104 cm³/mol. The maximum absolute atomic E-state index is 12.8. The second kappa shape index (κ2) is 6.24. The summed E-state index contributed by atoms with van der Waals surface area (Å²) in [6.45, 7) is 0.285. The van der Waals surface area contributed by atoms with Crippen molar-refractivity contribution >= 4 is 37.9 Å². The summed E-state index contributed by atoms with van der Waals surface area (Å²) in [6.07, 6.45) is 4.39. The van der Waals surface area contributed by atoms with Gasteiger partial charge in [-0.2, -0.15) is 0 Å². The number of rotatable bonds is 4. The van der Waals surface area contributed by atoms with Crippen LogP contribution in [0.5, 0.6) is 0 Å². The summed E-state index contributed by atoms with van der Waals surface area (Å²) < 4.78 is 28.1. The normalized spacial score (nSPS) is 11.9. The first-order chi connectivity index (χ1) is 12.9. The van der Waals surface area contributed by atoms with Crippen molar-refractivity contribution in [2.75, 3.05) is 6.26 Å². The Bertz CT molecular complexity index is 1270. The third kappa shape index (κ3) is 2.87. The van der Waals surface area contributed by atoms with Gasteiger partial charge in [0.25, 0.3) is 5.91 Å². The van der Waals surface area contributed by atoms with Crippen LogP contribution in [0.3, 0.4) is 0 Å². The zero-order valence-electron chi connectivity index (χ0n) is 14.9. The van der Waals surface area contributed by atoms with Crippen molar-refractivity contribution in [3.8, 4) is 0 Å². The van der Waals surface area contributed by atoms with E-state index in [9.17, 15) is 13.2 Å². The van der Waals surface area contributed by atoms with E-state index in [4.69, 9.17) is 0 Å². The molecule has 4 rings (SSSR count). The molecule has 0 spiro atoms. The largest absolute Gasteiger partial charge is 0.347 e. The predicted octanol–water partition coefficient (Wildman–Crippen LogP) is 2.27. The van der Waals surface area contributed by atoms with Crippen molar-refractivity contribution in [3.05, 3.63) is 66.1 Å². The standard InChI is InChI=1S/C19H18N4O3S/c1-22-15-6-4-3-5-14(15)18-16(22)11-17(23(18)27(2,25)26)19(24)21-12-13-7-9-20-10-8-13/h3-11H,12H2,1-2H3,(H,21,24). The molecule has 0 fully saturated rings. The first-order valence-electron chi connectivity index (χ1n) is 8.34. The molecule has 0 unspecified atom stereocenters. The first kappa shape index (κ1) is 17.3. The summed E-state index contributed by atoms with van der Waals surface area (Å²) in [5, 5.41) is 3.57. The maximum atomic E-state index is 12.8. The molecular weight excluding hydrogens is 364 g/mol. The molecule has 0 radical (unpaired) electrons. The fourth-order valence-electron chi connectivity index (χ4n) is 3.36. The lowest BCUT2D eigenvalue weighted by atomic mass is 10.2. The van der Waals surface area contributed by atoms with E-state index in [0.29, 0.717) is 11.0 Å². The number of benzene rings is 1. The van der Waals surface area contributed by atoms with Crippen LogP contribution >= 0.6 is 0 Å². The molecule has 27 heavy (non-hydrogen) atoms. The number of amides is 1. The van der Waals surface area contributed by atoms with Gasteiger partial charge in [-0.15, -0.1) is 0 Å². The lowest BCUT2D eigenvalue weighted by Crippen LogP contribution is -2.27. The van der Waals surface area contributed by atoms with Gasteiger partial charge in [0, 0.05) is 31.4 Å². The highest BCUT2D eigenvalue weighted by atomic mass is 32.2. The Kier molecular flexibility index (Phi) is 4.00. The molecule has 7 nitrogen and oxygen atoms in total. The van der Waals surface area contributed by atoms with Crippen LogP contribution in [0.25, 0.3) is 21.9 Å². The Morgan fingerprint density at radius 1 is 1.11 bits per heavy atom. The number of nitrogens with zero attached hydrogens (tertiary/aromatic N) is 3. The summed E-state index contributed by atoms with van der Waals surface area (Å²) in [7, 11) is -1.83. The van der Waals surface area contributed by atoms with Gasteiger partial charge in [0.05, 0.1) is 22.8 Å². The Hall–Kier alpha value is -3.13. The van der Waals surface area contributed by atoms with Crippen LogP contribution in [0.4, 0.5) is 0 Å². The van der Waals surface area contributed by atoms with E-state index in [1.807, 2.05) is 35.9 Å². The molecule has 0 atom stereocenters. The number of carbonyl (C=O) groups is 1. The van der Waals surface area contributed by atoms with Crippen molar-refractivity contribution in [1.29, 1.82) is 0 Å². The molecular formula is C19H18N4O3S. The number of fused-ring (bicyclic) bond motifs is 3. The summed E-state index contributed by atoms with van der Waals surface area (Å²) in [5.41, 5.74) is 3.09. The van der Waals surface area contributed by atoms with Crippen molar-refractivity contribution in [2.45, 2.75) is 6.54 Å². The smallest absolute Gasteiger partial charge is 0.269 e. The van der Waals surface area contributed by atoms with Crippen LogP contribution in [-0.4, -0.2) is 34.1 Å². The van der Waals surface area contributed by atoms with Gasteiger partial charge in [0.2, 0.25) is 10.0 Å². The van der Waals surface area contributed by atoms with E-state index in [1.165, 1.54) is 0 Å². The highest BCUT2D eigenvalue weighted by molar-refractivity contribution is 7.89. The number of carbonyl (C=O) groups excluding carboxylic acids is 1. The van der Waals surface area contributed by atoms with Gasteiger partial charge in [-0.05, 0) is 29.8 Å². The zero-order valence-corrected chi connectivity index (χ0v) is 15.7. The van der Waals surface area contributed by atoms with Gasteiger partial charge in [0.1, 0.15) is 5.69 Å². The Morgan fingerprint density at radius 2 is 1.81 bits per heavy atom. The minimum atomic E-state index is -3.69. The van der Waals surface area contributed by atoms with Crippen molar-refractivity contribution < 1.29 is 13.2 Å². The molecule has 0 bridgehead atoms. The first-order valence-corrected chi connectivity index (χ1v) is 10.2. The molecule has 3 aromatic heterocycles. The van der Waals surface area contributed by atoms with Crippen LogP contribution in [0.15, 0.2) is 54.9 Å². The third-order valence-corrected chi connectivity index (χ3v) is 5.63. The van der Waals surface area contributed by atoms with Crippen molar-refractivity contribution in [1.82, 2.24) is 18.8 Å². The monoisotopic (exact) mass is 382 g/mol. The molecule has 0 saturated carbocycles. The molecule has 0 saturated heterocycles. The molecule has 0 aliphatic carbocycles. The van der Waals surface area contributed by atoms with E-state index >= 15 is 0 Å². The quantitative estimate of drug-likeness (QED) is 0.587. The van der Waals surface area contributed by atoms with Crippen LogP contribution in [0.1, 0.15) is 16.1 Å². The Labute approximate surface area is 156 Å². The highest BCUT2D eigenvalue weighted by Crippen LogP contribution is 2.31. The number of nitrogens with one attached hydrogen (secondary N) is 1. The number of hydrogen-bond donors (Lipinski definition) is 1. The van der Waals surface area contributed by atoms with Crippen molar-refractivity contribution in [2.24, 2.45) is 7.05 Å². The van der Waals surface area contributed by atoms with Gasteiger partial charge < -0.3 is 9.88 Å². The van der Waals surface area contributed by atoms with Crippen molar-refractivity contribution in [3.63, 3.8) is 0 Å². The maximum Gasteiger partial charge on any atom is 0.269 e. The number of para-hydroxylation sites is 1. The summed E-state index contributed by atoms with van der Waals surface area (Å²) in [4.78, 5) is 16.7. The average Bonchev–Trinajstić information content (AvgIpc) is 3.18. The molecule has 1 N–H and O–H groups in total. The van der Waals surface area contributed by atoms with Crippen LogP contribution in [0.2, 0.25) is 0 Å². The Morgan fingerprint density at radius 3 is 2.52 bits per heavy atom. The minimum Gasteiger partial charge on any atom is -0.347 e. The lowest BCUT2D eigenvalue weighted by Gasteiger charge is -2.09. The van der Waals surface area contributed by atoms with Crippen LogP contribution in [-0.2, 0) is 23.6 Å². The Balaban J connectivity index is 1.85. The van der Waals surface area contributed by atoms with Gasteiger partial charge >= 0.3 is 0 Å². The van der Waals surface area contributed by atoms with Gasteiger partial charge in [0.15, 0.2) is 0 Å². The molecule has 3 heterocycles. The van der Waals surface area contributed by atoms with Gasteiger partial charge in [-0.1, -0.05) is 18.2 Å². The molecule has 4 aromatic rings. The van der Waals surface area contributed by atoms with E-state index in [0.717, 1.165) is 26.7 Å². The molecule has 0 aliphatic heterocycles. The highest BCUT2D eigenvalue weighted by Gasteiger charge is 2.25. The fourth-order valence-corrected chi connectivity index (χ4v) is 4.37. The zero-order chi connectivity index (χ0) is 19.2. The third-order valence-electron chi connectivity index (χ3n) is 4.59. The number of aryl methyl sites for hydroxylation is 1. The molecule has 1 aromatic carbocycles. The SMILES string of the molecule is Cn1c2ccccc2c2c1cc(C(=O)NCc1ccncc1)n2S(C)(=O)=O. The molecule has 0 aliphatic rings. The van der Waals surface area contributed by atoms with E-state index < -0.39 is 15.9 Å². The second-order valence-electron chi connectivity index (χ2n) is 6.41. The van der Waals surface area contributed by atoms with Gasteiger partial charge in [-0.25, -0.2) is 12.4 Å². The summed E-state index contributed by atoms with van der Waals surface area (Å²) in [5.74, 6) is -0.447. The van der Waals surface area contributed by atoms with Gasteiger partial charge in [-0.3, -0.25) is 9.78 Å². The molecule has 8 heteroatoms. The van der Waals surface area contributed by atoms with E-state index in [2.05, 4.69) is 10.3 Å². The fraction of sp³-hybridized carbons (Fsp3) is 0.158. The second-order valence-corrected chi connectivity index (χ2v) is 8.24. The number of pyridine rings is 1. The van der Waals surface area contributed by atoms with Crippen LogP contribution in [0, 0.1) is 0 Å². The molecule has 1 amide bonds. The van der Waals surface area contributed by atoms with Crippen LogP contribution < -0.4 is 5.32 Å². The summed E-state index contributed by atoms with van der Waals surface area (Å²) >= 11 is 0. The topological polar surface area (TPSA) is 86.0 Å². The number of aromatic nitrogens is 3. The van der Waals surface area contributed by atoms with E-state index in [1.54, 1.807) is 30.6 Å². The molecule has 138 valence electrons. The average molecular weight is 382 g/mol. The minimum absolute atomic E-state index is 0.0953.